The van der Waals surface area contributed by atoms with Gasteiger partial charge in [0.05, 0.1) is 11.1 Å². The van der Waals surface area contributed by atoms with Gasteiger partial charge in [-0.2, -0.15) is 0 Å². The molecule has 0 amide bonds. The third-order valence-electron chi connectivity index (χ3n) is 11.2. The maximum absolute atomic E-state index is 2.54. The van der Waals surface area contributed by atoms with Crippen LogP contribution in [-0.2, 0) is 10.8 Å². The number of anilines is 3. The lowest BCUT2D eigenvalue weighted by atomic mass is 9.69. The second-order valence-electron chi connectivity index (χ2n) is 14.9. The van der Waals surface area contributed by atoms with Gasteiger partial charge in [0.15, 0.2) is 0 Å². The first-order valence-electron chi connectivity index (χ1n) is 17.7. The van der Waals surface area contributed by atoms with Gasteiger partial charge in [0.1, 0.15) is 0 Å². The lowest BCUT2D eigenvalue weighted by molar-refractivity contribution is 0.590. The molecule has 0 saturated carbocycles. The second-order valence-corrected chi connectivity index (χ2v) is 14.9. The largest absolute Gasteiger partial charge is 0.310 e. The van der Waals surface area contributed by atoms with Crippen molar-refractivity contribution in [3.05, 3.63) is 198 Å². The molecule has 238 valence electrons. The Balaban J connectivity index is 1.37. The Morgan fingerprint density at radius 2 is 1.00 bits per heavy atom. The minimum absolute atomic E-state index is 0.0700. The van der Waals surface area contributed by atoms with Crippen LogP contribution >= 0.6 is 0 Å². The number of rotatable bonds is 3. The van der Waals surface area contributed by atoms with Crippen molar-refractivity contribution < 1.29 is 0 Å². The van der Waals surface area contributed by atoms with Crippen LogP contribution in [0.1, 0.15) is 48.6 Å². The van der Waals surface area contributed by atoms with Crippen LogP contribution in [-0.4, -0.2) is 0 Å². The normalized spacial score (nSPS) is 13.7. The summed E-state index contributed by atoms with van der Waals surface area (Å²) in [4.78, 5) is 2.47. The predicted molar refractivity (Wildman–Crippen MR) is 211 cm³/mol. The van der Waals surface area contributed by atoms with E-state index in [9.17, 15) is 0 Å². The van der Waals surface area contributed by atoms with Gasteiger partial charge in [-0.15, -0.1) is 0 Å². The summed E-state index contributed by atoms with van der Waals surface area (Å²) in [6.07, 6.45) is 0. The molecule has 0 aromatic heterocycles. The Bertz CT molecular complexity index is 2580. The number of hydrogen-bond donors (Lipinski definition) is 0. The molecule has 0 aliphatic heterocycles. The first-order valence-corrected chi connectivity index (χ1v) is 17.7. The van der Waals surface area contributed by atoms with E-state index in [0.717, 1.165) is 11.4 Å². The van der Waals surface area contributed by atoms with Crippen molar-refractivity contribution in [3.63, 3.8) is 0 Å². The topological polar surface area (TPSA) is 3.24 Å². The molecular formula is C49H37N. The van der Waals surface area contributed by atoms with Gasteiger partial charge in [-0.25, -0.2) is 0 Å². The Kier molecular flexibility index (Phi) is 6.12. The van der Waals surface area contributed by atoms with E-state index in [1.165, 1.54) is 77.3 Å². The zero-order chi connectivity index (χ0) is 33.6. The lowest BCUT2D eigenvalue weighted by Gasteiger charge is -2.33. The molecule has 0 fully saturated rings. The van der Waals surface area contributed by atoms with Crippen LogP contribution in [0.3, 0.4) is 0 Å². The average molecular weight is 640 g/mol. The smallest absolute Gasteiger partial charge is 0.0732 e. The summed E-state index contributed by atoms with van der Waals surface area (Å²) in [5.74, 6) is 0. The van der Waals surface area contributed by atoms with Gasteiger partial charge >= 0.3 is 0 Å². The summed E-state index contributed by atoms with van der Waals surface area (Å²) >= 11 is 0. The highest BCUT2D eigenvalue weighted by Gasteiger charge is 2.53. The van der Waals surface area contributed by atoms with Gasteiger partial charge in [0.2, 0.25) is 0 Å². The summed E-state index contributed by atoms with van der Waals surface area (Å²) in [6, 6.07) is 63.6. The van der Waals surface area contributed by atoms with Crippen molar-refractivity contribution in [2.24, 2.45) is 0 Å². The molecule has 0 N–H and O–H groups in total. The first kappa shape index (κ1) is 29.0. The second kappa shape index (κ2) is 10.5. The Hall–Kier alpha value is -5.92. The van der Waals surface area contributed by atoms with E-state index in [2.05, 4.69) is 196 Å². The van der Waals surface area contributed by atoms with E-state index in [4.69, 9.17) is 0 Å². The van der Waals surface area contributed by atoms with E-state index in [1.807, 2.05) is 0 Å². The van der Waals surface area contributed by atoms with E-state index >= 15 is 0 Å². The molecule has 0 unspecified atom stereocenters. The van der Waals surface area contributed by atoms with Crippen molar-refractivity contribution in [1.82, 2.24) is 0 Å². The van der Waals surface area contributed by atoms with Crippen molar-refractivity contribution in [1.29, 1.82) is 0 Å². The zero-order valence-electron chi connectivity index (χ0n) is 28.6. The number of nitrogens with zero attached hydrogens (tertiary/aromatic N) is 1. The highest BCUT2D eigenvalue weighted by atomic mass is 15.1. The molecule has 8 aromatic carbocycles. The molecule has 1 spiro atoms. The predicted octanol–water partition coefficient (Wildman–Crippen LogP) is 13.1. The van der Waals surface area contributed by atoms with Gasteiger partial charge in [0, 0.05) is 16.8 Å². The first-order chi connectivity index (χ1) is 24.5. The molecule has 1 nitrogen and oxygen atoms in total. The van der Waals surface area contributed by atoms with E-state index in [-0.39, 0.29) is 5.41 Å². The Morgan fingerprint density at radius 1 is 0.440 bits per heavy atom. The summed E-state index contributed by atoms with van der Waals surface area (Å²) < 4.78 is 0. The number of hydrogen-bond acceptors (Lipinski definition) is 1. The van der Waals surface area contributed by atoms with Gasteiger partial charge < -0.3 is 4.90 Å². The molecule has 0 bridgehead atoms. The van der Waals surface area contributed by atoms with Gasteiger partial charge in [-0.05, 0) is 102 Å². The van der Waals surface area contributed by atoms with Crippen LogP contribution in [0.25, 0.3) is 43.8 Å². The quantitative estimate of drug-likeness (QED) is 0.186. The van der Waals surface area contributed by atoms with E-state index in [1.54, 1.807) is 0 Å². The number of fused-ring (bicyclic) bond motifs is 14. The molecule has 1 heteroatoms. The fourth-order valence-electron chi connectivity index (χ4n) is 9.06. The fraction of sp³-hybridized carbons (Fsp3) is 0.102. The third-order valence-corrected chi connectivity index (χ3v) is 11.2. The molecule has 0 heterocycles. The van der Waals surface area contributed by atoms with Crippen LogP contribution in [0.15, 0.2) is 170 Å². The van der Waals surface area contributed by atoms with Crippen LogP contribution in [0.5, 0.6) is 0 Å². The van der Waals surface area contributed by atoms with Crippen LogP contribution in [0.4, 0.5) is 17.1 Å². The highest BCUT2D eigenvalue weighted by Crippen LogP contribution is 2.66. The van der Waals surface area contributed by atoms with E-state index in [0.29, 0.717) is 0 Å². The molecular weight excluding hydrogens is 603 g/mol. The molecule has 0 saturated heterocycles. The monoisotopic (exact) mass is 639 g/mol. The van der Waals surface area contributed by atoms with Gasteiger partial charge in [-0.3, -0.25) is 0 Å². The van der Waals surface area contributed by atoms with Crippen LogP contribution in [0.2, 0.25) is 0 Å². The van der Waals surface area contributed by atoms with Crippen molar-refractivity contribution in [2.75, 3.05) is 4.90 Å². The molecule has 2 aliphatic rings. The Labute approximate surface area is 294 Å². The SMILES string of the molecule is CC(C)(C)c1ccc(N(c2ccccc2)c2cc3c(c4ccccc24)-c2ccc4ccccc4c2C32c3ccccc3-c3ccccc32)cc1. The molecule has 50 heavy (non-hydrogen) atoms. The molecule has 2 aliphatic carbocycles. The third kappa shape index (κ3) is 3.89. The van der Waals surface area contributed by atoms with Gasteiger partial charge in [0.25, 0.3) is 0 Å². The number of benzene rings is 8. The van der Waals surface area contributed by atoms with Crippen molar-refractivity contribution >= 4 is 38.6 Å². The minimum atomic E-state index is -0.476. The summed E-state index contributed by atoms with van der Waals surface area (Å²) in [5.41, 5.74) is 15.2. The maximum Gasteiger partial charge on any atom is 0.0732 e. The van der Waals surface area contributed by atoms with Crippen molar-refractivity contribution in [2.45, 2.75) is 31.6 Å². The summed E-state index contributed by atoms with van der Waals surface area (Å²) in [5, 5.41) is 5.11. The molecule has 0 atom stereocenters. The van der Waals surface area contributed by atoms with E-state index < -0.39 is 5.41 Å². The van der Waals surface area contributed by atoms with Crippen molar-refractivity contribution in [3.8, 4) is 22.3 Å². The standard InChI is InChI=1S/C49H37N/c1-48(2,3)33-26-28-35(29-27-33)50(34-16-5-4-6-17-34)45-31-44-46(40-22-10-9-21-39(40)45)41-30-25-32-15-7-8-18-36(32)47(41)49(44)42-23-13-11-19-37(42)38-20-12-14-24-43(38)49/h4-31H,1-3H3. The molecule has 10 rings (SSSR count). The maximum atomic E-state index is 2.54. The van der Waals surface area contributed by atoms with Crippen LogP contribution < -0.4 is 4.90 Å². The number of para-hydroxylation sites is 1. The minimum Gasteiger partial charge on any atom is -0.310 e. The molecule has 8 aromatic rings. The zero-order valence-corrected chi connectivity index (χ0v) is 28.6. The fourth-order valence-corrected chi connectivity index (χ4v) is 9.06. The Morgan fingerprint density at radius 3 is 1.68 bits per heavy atom. The highest BCUT2D eigenvalue weighted by molar-refractivity contribution is 6.14. The van der Waals surface area contributed by atoms with Crippen LogP contribution in [0, 0.1) is 0 Å². The summed E-state index contributed by atoms with van der Waals surface area (Å²) in [6.45, 7) is 6.84. The molecule has 0 radical (unpaired) electrons. The average Bonchev–Trinajstić information content (AvgIpc) is 3.63. The summed E-state index contributed by atoms with van der Waals surface area (Å²) in [7, 11) is 0. The van der Waals surface area contributed by atoms with Gasteiger partial charge in [-0.1, -0.05) is 160 Å². The lowest BCUT2D eigenvalue weighted by Crippen LogP contribution is -2.26.